The topological polar surface area (TPSA) is 66.4 Å². The number of amides is 1. The zero-order valence-electron chi connectivity index (χ0n) is 9.06. The van der Waals surface area contributed by atoms with Gasteiger partial charge in [-0.3, -0.25) is 4.79 Å². The third-order valence-electron chi connectivity index (χ3n) is 3.59. The second-order valence-electron chi connectivity index (χ2n) is 4.50. The Labute approximate surface area is 98.0 Å². The highest BCUT2D eigenvalue weighted by Gasteiger charge is 2.49. The molecular formula is C13H11NO3. The predicted molar refractivity (Wildman–Crippen MR) is 61.7 cm³/mol. The van der Waals surface area contributed by atoms with Crippen molar-refractivity contribution in [3.63, 3.8) is 0 Å². The number of benzene rings is 1. The number of fused-ring (bicyclic) bond motifs is 2. The third-order valence-corrected chi connectivity index (χ3v) is 3.59. The molecular weight excluding hydrogens is 218 g/mol. The molecule has 0 aromatic heterocycles. The summed E-state index contributed by atoms with van der Waals surface area (Å²) in [5.74, 6) is -1.02. The summed E-state index contributed by atoms with van der Waals surface area (Å²) in [5.41, 5.74) is 1.36. The van der Waals surface area contributed by atoms with E-state index in [2.05, 4.69) is 5.32 Å². The fourth-order valence-electron chi connectivity index (χ4n) is 2.68. The van der Waals surface area contributed by atoms with Crippen molar-refractivity contribution in [3.05, 3.63) is 41.5 Å². The van der Waals surface area contributed by atoms with E-state index >= 15 is 0 Å². The maximum Gasteiger partial charge on any atom is 0.331 e. The SMILES string of the molecule is O=C(O)C1=CC[C@@]2(C1)C(=O)Nc1ccccc12. The van der Waals surface area contributed by atoms with Crippen LogP contribution in [0, 0.1) is 0 Å². The number of rotatable bonds is 1. The van der Waals surface area contributed by atoms with E-state index < -0.39 is 11.4 Å². The van der Waals surface area contributed by atoms with Crippen molar-refractivity contribution < 1.29 is 14.7 Å². The van der Waals surface area contributed by atoms with Crippen molar-refractivity contribution in [2.24, 2.45) is 0 Å². The minimum Gasteiger partial charge on any atom is -0.478 e. The van der Waals surface area contributed by atoms with Crippen molar-refractivity contribution in [2.45, 2.75) is 18.3 Å². The van der Waals surface area contributed by atoms with Crippen LogP contribution in [0.4, 0.5) is 5.69 Å². The monoisotopic (exact) mass is 229 g/mol. The van der Waals surface area contributed by atoms with E-state index in [1.54, 1.807) is 6.08 Å². The smallest absolute Gasteiger partial charge is 0.331 e. The Balaban J connectivity index is 2.06. The van der Waals surface area contributed by atoms with Gasteiger partial charge in [0, 0.05) is 11.3 Å². The Kier molecular flexibility index (Phi) is 1.90. The van der Waals surface area contributed by atoms with Gasteiger partial charge in [-0.15, -0.1) is 0 Å². The van der Waals surface area contributed by atoms with Crippen LogP contribution in [-0.2, 0) is 15.0 Å². The number of nitrogens with one attached hydrogen (secondary N) is 1. The molecule has 1 aliphatic carbocycles. The highest BCUT2D eigenvalue weighted by atomic mass is 16.4. The van der Waals surface area contributed by atoms with Crippen LogP contribution in [0.25, 0.3) is 0 Å². The number of carbonyl (C=O) groups excluding carboxylic acids is 1. The van der Waals surface area contributed by atoms with E-state index in [1.165, 1.54) is 0 Å². The lowest BCUT2D eigenvalue weighted by Crippen LogP contribution is -2.32. The quantitative estimate of drug-likeness (QED) is 0.770. The maximum absolute atomic E-state index is 12.1. The van der Waals surface area contributed by atoms with Gasteiger partial charge in [0.05, 0.1) is 5.41 Å². The molecule has 0 unspecified atom stereocenters. The van der Waals surface area contributed by atoms with Crippen LogP contribution < -0.4 is 5.32 Å². The molecule has 1 spiro atoms. The molecule has 1 amide bonds. The summed E-state index contributed by atoms with van der Waals surface area (Å²) in [4.78, 5) is 23.0. The minimum absolute atomic E-state index is 0.0915. The Morgan fingerprint density at radius 3 is 2.82 bits per heavy atom. The van der Waals surface area contributed by atoms with E-state index in [-0.39, 0.29) is 12.3 Å². The van der Waals surface area contributed by atoms with Gasteiger partial charge in [0.1, 0.15) is 0 Å². The Hall–Kier alpha value is -2.10. The minimum atomic E-state index is -0.931. The number of hydrogen-bond acceptors (Lipinski definition) is 2. The van der Waals surface area contributed by atoms with Gasteiger partial charge >= 0.3 is 5.97 Å². The molecule has 1 aliphatic heterocycles. The lowest BCUT2D eigenvalue weighted by atomic mass is 9.78. The first-order valence-corrected chi connectivity index (χ1v) is 5.47. The number of hydrogen-bond donors (Lipinski definition) is 2. The van der Waals surface area contributed by atoms with Gasteiger partial charge in [0.25, 0.3) is 0 Å². The first-order chi connectivity index (χ1) is 8.13. The second kappa shape index (κ2) is 3.20. The average molecular weight is 229 g/mol. The van der Waals surface area contributed by atoms with Crippen LogP contribution in [-0.4, -0.2) is 17.0 Å². The van der Waals surface area contributed by atoms with Crippen LogP contribution >= 0.6 is 0 Å². The van der Waals surface area contributed by atoms with Crippen LogP contribution in [0.1, 0.15) is 18.4 Å². The lowest BCUT2D eigenvalue weighted by Gasteiger charge is -2.20. The van der Waals surface area contributed by atoms with E-state index in [9.17, 15) is 9.59 Å². The molecule has 3 rings (SSSR count). The van der Waals surface area contributed by atoms with E-state index in [1.807, 2.05) is 24.3 Å². The highest BCUT2D eigenvalue weighted by molar-refractivity contribution is 6.08. The summed E-state index contributed by atoms with van der Waals surface area (Å²) in [7, 11) is 0. The van der Waals surface area contributed by atoms with Gasteiger partial charge in [0.15, 0.2) is 0 Å². The normalized spacial score (nSPS) is 25.6. The van der Waals surface area contributed by atoms with Gasteiger partial charge < -0.3 is 10.4 Å². The molecule has 1 aromatic rings. The van der Waals surface area contributed by atoms with E-state index in [4.69, 9.17) is 5.11 Å². The van der Waals surface area contributed by atoms with Gasteiger partial charge in [-0.2, -0.15) is 0 Å². The molecule has 0 radical (unpaired) electrons. The number of allylic oxidation sites excluding steroid dienone is 1. The molecule has 2 aliphatic rings. The Bertz CT molecular complexity index is 562. The summed E-state index contributed by atoms with van der Waals surface area (Å²) in [5, 5.41) is 11.8. The molecule has 0 saturated carbocycles. The van der Waals surface area contributed by atoms with Crippen LogP contribution in [0.5, 0.6) is 0 Å². The molecule has 4 heteroatoms. The summed E-state index contributed by atoms with van der Waals surface area (Å²) in [6.07, 6.45) is 2.41. The van der Waals surface area contributed by atoms with Crippen LogP contribution in [0.15, 0.2) is 35.9 Å². The van der Waals surface area contributed by atoms with Crippen molar-refractivity contribution in [1.29, 1.82) is 0 Å². The summed E-state index contributed by atoms with van der Waals surface area (Å²) >= 11 is 0. The van der Waals surface area contributed by atoms with Gasteiger partial charge in [0.2, 0.25) is 5.91 Å². The average Bonchev–Trinajstić information content (AvgIpc) is 2.85. The summed E-state index contributed by atoms with van der Waals surface area (Å²) in [6.45, 7) is 0. The standard InChI is InChI=1S/C13H11NO3/c15-11(16)8-5-6-13(7-8)9-3-1-2-4-10(9)14-12(13)17/h1-5H,6-7H2,(H,14,17)(H,15,16)/t13-/m0/s1. The molecule has 1 aromatic carbocycles. The molecule has 1 heterocycles. The van der Waals surface area contributed by atoms with E-state index in [0.29, 0.717) is 12.0 Å². The third kappa shape index (κ3) is 1.24. The van der Waals surface area contributed by atoms with Crippen molar-refractivity contribution in [1.82, 2.24) is 0 Å². The number of aliphatic carboxylic acids is 1. The fourth-order valence-corrected chi connectivity index (χ4v) is 2.68. The zero-order chi connectivity index (χ0) is 12.0. The van der Waals surface area contributed by atoms with E-state index in [0.717, 1.165) is 11.3 Å². The fraction of sp³-hybridized carbons (Fsp3) is 0.231. The maximum atomic E-state index is 12.1. The number of anilines is 1. The van der Waals surface area contributed by atoms with Gasteiger partial charge in [-0.1, -0.05) is 24.3 Å². The zero-order valence-corrected chi connectivity index (χ0v) is 9.06. The van der Waals surface area contributed by atoms with Gasteiger partial charge in [-0.25, -0.2) is 4.79 Å². The predicted octanol–water partition coefficient (Wildman–Crippen LogP) is 1.68. The molecule has 17 heavy (non-hydrogen) atoms. The first-order valence-electron chi connectivity index (χ1n) is 5.47. The summed E-state index contributed by atoms with van der Waals surface area (Å²) < 4.78 is 0. The molecule has 2 N–H and O–H groups in total. The number of carboxylic acid groups (broad SMARTS) is 1. The van der Waals surface area contributed by atoms with Crippen LogP contribution in [0.3, 0.4) is 0 Å². The number of para-hydroxylation sites is 1. The van der Waals surface area contributed by atoms with Gasteiger partial charge in [-0.05, 0) is 24.5 Å². The van der Waals surface area contributed by atoms with Crippen molar-refractivity contribution >= 4 is 17.6 Å². The molecule has 1 atom stereocenters. The first kappa shape index (κ1) is 10.1. The van der Waals surface area contributed by atoms with Crippen molar-refractivity contribution in [2.75, 3.05) is 5.32 Å². The Morgan fingerprint density at radius 2 is 2.12 bits per heavy atom. The van der Waals surface area contributed by atoms with Crippen molar-refractivity contribution in [3.8, 4) is 0 Å². The largest absolute Gasteiger partial charge is 0.478 e. The highest BCUT2D eigenvalue weighted by Crippen LogP contribution is 2.48. The molecule has 0 saturated heterocycles. The molecule has 4 nitrogen and oxygen atoms in total. The lowest BCUT2D eigenvalue weighted by molar-refractivity contribution is -0.132. The number of carbonyl (C=O) groups is 2. The number of carboxylic acids is 1. The molecule has 86 valence electrons. The Morgan fingerprint density at radius 1 is 1.35 bits per heavy atom. The summed E-state index contributed by atoms with van der Waals surface area (Å²) in [6, 6.07) is 7.48. The molecule has 0 bridgehead atoms. The van der Waals surface area contributed by atoms with Crippen LogP contribution in [0.2, 0.25) is 0 Å². The second-order valence-corrected chi connectivity index (χ2v) is 4.50. The molecule has 0 fully saturated rings.